The molecule has 0 spiro atoms. The average Bonchev–Trinajstić information content (AvgIpc) is 3.15. The first-order valence-corrected chi connectivity index (χ1v) is 9.98. The number of benzene rings is 2. The van der Waals surface area contributed by atoms with Crippen molar-refractivity contribution in [3.05, 3.63) is 64.1 Å². The van der Waals surface area contributed by atoms with Crippen molar-refractivity contribution < 1.29 is 13.2 Å². The second-order valence-corrected chi connectivity index (χ2v) is 9.34. The first-order valence-electron chi connectivity index (χ1n) is 7.64. The molecule has 2 aromatic carbocycles. The topological polar surface area (TPSA) is 69.4 Å². The number of halogens is 1. The minimum absolute atomic E-state index is 0.198. The third kappa shape index (κ3) is 2.92. The Bertz CT molecular complexity index is 834. The minimum atomic E-state index is -3.54. The lowest BCUT2D eigenvalue weighted by molar-refractivity contribution is 0.171. The summed E-state index contributed by atoms with van der Waals surface area (Å²) in [5, 5.41) is -0.686. The fourth-order valence-electron chi connectivity index (χ4n) is 3.34. The van der Waals surface area contributed by atoms with Gasteiger partial charge in [-0.1, -0.05) is 45.8 Å². The highest BCUT2D eigenvalue weighted by atomic mass is 79.9. The van der Waals surface area contributed by atoms with Crippen molar-refractivity contribution in [3.63, 3.8) is 0 Å². The van der Waals surface area contributed by atoms with Crippen molar-refractivity contribution >= 4 is 25.8 Å². The van der Waals surface area contributed by atoms with E-state index in [1.54, 1.807) is 31.4 Å². The summed E-state index contributed by atoms with van der Waals surface area (Å²) < 4.78 is 32.4. The summed E-state index contributed by atoms with van der Waals surface area (Å²) in [7, 11) is -1.99. The number of ether oxygens (including phenoxy) is 1. The summed E-state index contributed by atoms with van der Waals surface area (Å²) in [6, 6.07) is 14.5. The molecule has 3 atom stereocenters. The molecule has 24 heavy (non-hydrogen) atoms. The maximum Gasteiger partial charge on any atom is 0.183 e. The Hall–Kier alpha value is -1.21. The van der Waals surface area contributed by atoms with Gasteiger partial charge in [0.1, 0.15) is 0 Å². The van der Waals surface area contributed by atoms with E-state index in [0.717, 1.165) is 15.6 Å². The van der Waals surface area contributed by atoms with Crippen LogP contribution in [-0.4, -0.2) is 32.9 Å². The molecule has 0 aliphatic heterocycles. The lowest BCUT2D eigenvalue weighted by Crippen LogP contribution is -2.35. The van der Waals surface area contributed by atoms with E-state index in [1.165, 1.54) is 0 Å². The Labute approximate surface area is 151 Å². The molecule has 0 saturated heterocycles. The molecule has 1 aliphatic rings. The Kier molecular flexibility index (Phi) is 4.59. The van der Waals surface area contributed by atoms with Crippen molar-refractivity contribution in [1.29, 1.82) is 0 Å². The molecule has 0 bridgehead atoms. The zero-order chi connectivity index (χ0) is 17.5. The fraction of sp³-hybridized carbons (Fsp3) is 0.333. The summed E-state index contributed by atoms with van der Waals surface area (Å²) in [6.45, 7) is 2.12. The highest BCUT2D eigenvalue weighted by molar-refractivity contribution is 9.10. The zero-order valence-corrected chi connectivity index (χ0v) is 16.0. The van der Waals surface area contributed by atoms with Crippen molar-refractivity contribution in [2.75, 3.05) is 13.7 Å². The Balaban J connectivity index is 2.01. The maximum absolute atomic E-state index is 13.1. The fourth-order valence-corrected chi connectivity index (χ4v) is 5.90. The van der Waals surface area contributed by atoms with Crippen LogP contribution in [0.3, 0.4) is 0 Å². The first-order chi connectivity index (χ1) is 11.3. The third-order valence-electron chi connectivity index (χ3n) is 4.61. The molecule has 0 amide bonds. The van der Waals surface area contributed by atoms with Crippen LogP contribution < -0.4 is 5.73 Å². The van der Waals surface area contributed by atoms with Crippen molar-refractivity contribution in [2.45, 2.75) is 28.5 Å². The van der Waals surface area contributed by atoms with Gasteiger partial charge in [0.15, 0.2) is 9.84 Å². The minimum Gasteiger partial charge on any atom is -0.383 e. The number of methoxy groups -OCH3 is 1. The summed E-state index contributed by atoms with van der Waals surface area (Å²) in [4.78, 5) is 0.309. The van der Waals surface area contributed by atoms with E-state index < -0.39 is 20.6 Å². The first kappa shape index (κ1) is 17.6. The molecule has 6 heteroatoms. The number of sulfone groups is 1. The maximum atomic E-state index is 13.1. The highest BCUT2D eigenvalue weighted by Gasteiger charge is 2.69. The molecule has 4 nitrogen and oxygen atoms in total. The van der Waals surface area contributed by atoms with E-state index >= 15 is 0 Å². The van der Waals surface area contributed by atoms with Crippen LogP contribution in [-0.2, 0) is 14.6 Å². The summed E-state index contributed by atoms with van der Waals surface area (Å²) in [5.41, 5.74) is 7.48. The van der Waals surface area contributed by atoms with Gasteiger partial charge < -0.3 is 10.5 Å². The van der Waals surface area contributed by atoms with Gasteiger partial charge in [-0.15, -0.1) is 0 Å². The number of hydrogen-bond acceptors (Lipinski definition) is 4. The van der Waals surface area contributed by atoms with Gasteiger partial charge in [-0.2, -0.15) is 0 Å². The predicted molar refractivity (Wildman–Crippen MR) is 97.8 cm³/mol. The van der Waals surface area contributed by atoms with E-state index in [0.29, 0.717) is 4.90 Å². The van der Waals surface area contributed by atoms with Crippen molar-refractivity contribution in [2.24, 2.45) is 5.73 Å². The van der Waals surface area contributed by atoms with Gasteiger partial charge in [0, 0.05) is 17.5 Å². The average molecular weight is 410 g/mol. The molecular formula is C18H20BrNO3S. The van der Waals surface area contributed by atoms with Gasteiger partial charge in [0.25, 0.3) is 0 Å². The van der Waals surface area contributed by atoms with Crippen LogP contribution in [0.15, 0.2) is 57.9 Å². The van der Waals surface area contributed by atoms with Crippen LogP contribution in [0, 0.1) is 6.92 Å². The third-order valence-corrected chi connectivity index (χ3v) is 7.45. The Morgan fingerprint density at radius 3 is 2.25 bits per heavy atom. The predicted octanol–water partition coefficient (Wildman–Crippen LogP) is 3.04. The van der Waals surface area contributed by atoms with Gasteiger partial charge >= 0.3 is 0 Å². The van der Waals surface area contributed by atoms with Crippen LogP contribution in [0.25, 0.3) is 0 Å². The molecule has 1 fully saturated rings. The molecule has 1 aliphatic carbocycles. The molecule has 1 saturated carbocycles. The number of rotatable bonds is 5. The molecule has 0 heterocycles. The normalized spacial score (nSPS) is 26.3. The lowest BCUT2D eigenvalue weighted by atomic mass is 10.1. The molecule has 3 rings (SSSR count). The van der Waals surface area contributed by atoms with Gasteiger partial charge in [0.05, 0.1) is 22.3 Å². The SMILES string of the molecule is COC[C@]1(N)[C@H](c2ccc(Br)cc2)[C@H]1S(=O)(=O)c1ccc(C)cc1. The molecule has 0 aromatic heterocycles. The van der Waals surface area contributed by atoms with Crippen molar-refractivity contribution in [3.8, 4) is 0 Å². The molecule has 2 aromatic rings. The molecule has 128 valence electrons. The quantitative estimate of drug-likeness (QED) is 0.823. The van der Waals surface area contributed by atoms with Gasteiger partial charge in [-0.3, -0.25) is 0 Å². The van der Waals surface area contributed by atoms with E-state index in [2.05, 4.69) is 15.9 Å². The number of nitrogens with two attached hydrogens (primary N) is 1. The van der Waals surface area contributed by atoms with Crippen LogP contribution in [0.4, 0.5) is 0 Å². The number of hydrogen-bond donors (Lipinski definition) is 1. The van der Waals surface area contributed by atoms with Crippen LogP contribution in [0.2, 0.25) is 0 Å². The molecular weight excluding hydrogens is 390 g/mol. The smallest absolute Gasteiger partial charge is 0.183 e. The summed E-state index contributed by atoms with van der Waals surface area (Å²) >= 11 is 3.40. The molecule has 2 N–H and O–H groups in total. The second kappa shape index (κ2) is 6.26. The van der Waals surface area contributed by atoms with E-state index in [-0.39, 0.29) is 12.5 Å². The summed E-state index contributed by atoms with van der Waals surface area (Å²) in [6.07, 6.45) is 0. The van der Waals surface area contributed by atoms with Crippen LogP contribution in [0.5, 0.6) is 0 Å². The van der Waals surface area contributed by atoms with Crippen LogP contribution >= 0.6 is 15.9 Å². The van der Waals surface area contributed by atoms with Crippen LogP contribution in [0.1, 0.15) is 17.0 Å². The Morgan fingerprint density at radius 1 is 1.12 bits per heavy atom. The lowest BCUT2D eigenvalue weighted by Gasteiger charge is -2.11. The second-order valence-electron chi connectivity index (χ2n) is 6.35. The van der Waals surface area contributed by atoms with E-state index in [9.17, 15) is 8.42 Å². The van der Waals surface area contributed by atoms with Crippen molar-refractivity contribution in [1.82, 2.24) is 0 Å². The van der Waals surface area contributed by atoms with Gasteiger partial charge in [0.2, 0.25) is 0 Å². The molecule has 0 radical (unpaired) electrons. The standard InChI is InChI=1S/C18H20BrNO3S/c1-12-3-9-15(10-4-12)24(21,22)17-16(18(17,20)11-23-2)13-5-7-14(19)8-6-13/h3-10,16-17H,11,20H2,1-2H3/t16-,17-,18+/m1/s1. The largest absolute Gasteiger partial charge is 0.383 e. The molecule has 0 unspecified atom stereocenters. The zero-order valence-electron chi connectivity index (χ0n) is 13.6. The van der Waals surface area contributed by atoms with Gasteiger partial charge in [-0.05, 0) is 36.8 Å². The van der Waals surface area contributed by atoms with E-state index in [1.807, 2.05) is 31.2 Å². The monoisotopic (exact) mass is 409 g/mol. The Morgan fingerprint density at radius 2 is 1.71 bits per heavy atom. The van der Waals surface area contributed by atoms with E-state index in [4.69, 9.17) is 10.5 Å². The van der Waals surface area contributed by atoms with Gasteiger partial charge in [-0.25, -0.2) is 8.42 Å². The number of aryl methyl sites for hydroxylation is 1. The summed E-state index contributed by atoms with van der Waals surface area (Å²) in [5.74, 6) is -0.281. The highest BCUT2D eigenvalue weighted by Crippen LogP contribution is 2.55.